The molecule has 0 bridgehead atoms. The van der Waals surface area contributed by atoms with E-state index in [2.05, 4.69) is 5.10 Å². The van der Waals surface area contributed by atoms with Gasteiger partial charge in [-0.05, 0) is 25.1 Å². The summed E-state index contributed by atoms with van der Waals surface area (Å²) in [6.45, 7) is 1.75. The molecule has 3 aromatic rings. The molecular formula is C15H14N2O3S. The number of aromatic nitrogens is 2. The minimum Gasteiger partial charge on any atom is -0.496 e. The molecule has 0 atom stereocenters. The van der Waals surface area contributed by atoms with Crippen LogP contribution in [0.25, 0.3) is 10.8 Å². The van der Waals surface area contributed by atoms with Gasteiger partial charge in [-0.2, -0.15) is 17.6 Å². The summed E-state index contributed by atoms with van der Waals surface area (Å²) in [7, 11) is -2.16. The topological polar surface area (TPSA) is 61.2 Å². The van der Waals surface area contributed by atoms with Gasteiger partial charge in [-0.3, -0.25) is 0 Å². The Hall–Kier alpha value is -2.34. The maximum Gasteiger partial charge on any atom is 0.283 e. The molecule has 0 N–H and O–H groups in total. The third-order valence-corrected chi connectivity index (χ3v) is 4.90. The van der Waals surface area contributed by atoms with Crippen LogP contribution in [0.4, 0.5) is 0 Å². The predicted octanol–water partition coefficient (Wildman–Crippen LogP) is 2.59. The van der Waals surface area contributed by atoms with Crippen LogP contribution < -0.4 is 4.74 Å². The second-order valence-corrected chi connectivity index (χ2v) is 6.41. The molecule has 0 unspecified atom stereocenters. The van der Waals surface area contributed by atoms with Gasteiger partial charge in [0.15, 0.2) is 0 Å². The van der Waals surface area contributed by atoms with Crippen LogP contribution in [0, 0.1) is 6.92 Å². The number of ether oxygens (including phenoxy) is 1. The van der Waals surface area contributed by atoms with E-state index in [1.54, 1.807) is 44.4 Å². The van der Waals surface area contributed by atoms with Crippen LogP contribution >= 0.6 is 0 Å². The molecule has 2 aromatic carbocycles. The summed E-state index contributed by atoms with van der Waals surface area (Å²) in [6.07, 6.45) is 1.45. The van der Waals surface area contributed by atoms with Gasteiger partial charge in [0.25, 0.3) is 10.0 Å². The van der Waals surface area contributed by atoms with Crippen molar-refractivity contribution in [1.29, 1.82) is 0 Å². The molecule has 1 heterocycles. The maximum atomic E-state index is 12.7. The van der Waals surface area contributed by atoms with Crippen LogP contribution in [-0.4, -0.2) is 24.7 Å². The molecule has 3 rings (SSSR count). The monoisotopic (exact) mass is 302 g/mol. The first kappa shape index (κ1) is 13.6. The van der Waals surface area contributed by atoms with Crippen LogP contribution in [0.3, 0.4) is 0 Å². The Morgan fingerprint density at radius 3 is 2.38 bits per heavy atom. The van der Waals surface area contributed by atoms with Gasteiger partial charge in [-0.1, -0.05) is 24.3 Å². The Morgan fingerprint density at radius 1 is 1.05 bits per heavy atom. The Bertz CT molecular complexity index is 914. The molecule has 5 nitrogen and oxygen atoms in total. The highest BCUT2D eigenvalue weighted by molar-refractivity contribution is 7.90. The lowest BCUT2D eigenvalue weighted by Crippen LogP contribution is -2.14. The highest BCUT2D eigenvalue weighted by Gasteiger charge is 2.21. The summed E-state index contributed by atoms with van der Waals surface area (Å²) in [6, 6.07) is 12.1. The molecular weight excluding hydrogens is 288 g/mol. The lowest BCUT2D eigenvalue weighted by molar-refractivity contribution is 0.419. The molecule has 0 radical (unpaired) electrons. The highest BCUT2D eigenvalue weighted by atomic mass is 32.2. The lowest BCUT2D eigenvalue weighted by atomic mass is 10.1. The van der Waals surface area contributed by atoms with E-state index in [-0.39, 0.29) is 4.90 Å². The summed E-state index contributed by atoms with van der Waals surface area (Å²) in [5.74, 6) is 0.640. The van der Waals surface area contributed by atoms with Crippen molar-refractivity contribution in [2.45, 2.75) is 11.8 Å². The Labute approximate surface area is 122 Å². The first-order valence-corrected chi connectivity index (χ1v) is 7.81. The summed E-state index contributed by atoms with van der Waals surface area (Å²) in [4.78, 5) is 0.210. The van der Waals surface area contributed by atoms with Gasteiger partial charge in [0, 0.05) is 17.0 Å². The Morgan fingerprint density at radius 2 is 1.76 bits per heavy atom. The standard InChI is InChI=1S/C15H14N2O3S/c1-11-9-10-17(16-11)21(18,19)15-8-7-14(20-2)12-5-3-4-6-13(12)15/h3-10H,1-2H3. The van der Waals surface area contributed by atoms with E-state index >= 15 is 0 Å². The molecule has 108 valence electrons. The number of methoxy groups -OCH3 is 1. The zero-order valence-corrected chi connectivity index (χ0v) is 12.5. The minimum absolute atomic E-state index is 0.210. The number of hydrogen-bond acceptors (Lipinski definition) is 4. The second kappa shape index (κ2) is 4.89. The number of rotatable bonds is 3. The molecule has 0 saturated carbocycles. The maximum absolute atomic E-state index is 12.7. The van der Waals surface area contributed by atoms with Crippen LogP contribution in [0.15, 0.2) is 53.6 Å². The van der Waals surface area contributed by atoms with E-state index in [1.165, 1.54) is 6.20 Å². The Balaban J connectivity index is 2.31. The van der Waals surface area contributed by atoms with Gasteiger partial charge in [0.2, 0.25) is 0 Å². The fraction of sp³-hybridized carbons (Fsp3) is 0.133. The third-order valence-electron chi connectivity index (χ3n) is 3.29. The van der Waals surface area contributed by atoms with Crippen molar-refractivity contribution in [3.63, 3.8) is 0 Å². The molecule has 0 spiro atoms. The fourth-order valence-electron chi connectivity index (χ4n) is 2.28. The van der Waals surface area contributed by atoms with E-state index in [0.717, 1.165) is 9.47 Å². The van der Waals surface area contributed by atoms with Gasteiger partial charge in [0.05, 0.1) is 17.7 Å². The van der Waals surface area contributed by atoms with Crippen LogP contribution in [-0.2, 0) is 10.0 Å². The second-order valence-electron chi connectivity index (χ2n) is 4.65. The smallest absolute Gasteiger partial charge is 0.283 e. The molecule has 1 aromatic heterocycles. The van der Waals surface area contributed by atoms with Gasteiger partial charge in [0.1, 0.15) is 5.75 Å². The average molecular weight is 302 g/mol. The van der Waals surface area contributed by atoms with Gasteiger partial charge in [-0.25, -0.2) is 0 Å². The molecule has 21 heavy (non-hydrogen) atoms. The summed E-state index contributed by atoms with van der Waals surface area (Å²) in [5, 5.41) is 5.38. The van der Waals surface area contributed by atoms with E-state index in [9.17, 15) is 8.42 Å². The normalized spacial score (nSPS) is 11.7. The summed E-state index contributed by atoms with van der Waals surface area (Å²) < 4.78 is 31.7. The number of aryl methyl sites for hydroxylation is 1. The molecule has 0 aliphatic rings. The van der Waals surface area contributed by atoms with Crippen molar-refractivity contribution in [3.05, 3.63) is 54.4 Å². The molecule has 0 saturated heterocycles. The SMILES string of the molecule is COc1ccc(S(=O)(=O)n2ccc(C)n2)c2ccccc12. The number of hydrogen-bond donors (Lipinski definition) is 0. The number of benzene rings is 2. The quantitative estimate of drug-likeness (QED) is 0.746. The summed E-state index contributed by atoms with van der Waals surface area (Å²) >= 11 is 0. The van der Waals surface area contributed by atoms with Gasteiger partial charge >= 0.3 is 0 Å². The first-order chi connectivity index (χ1) is 10.0. The zero-order valence-electron chi connectivity index (χ0n) is 11.6. The molecule has 0 aliphatic heterocycles. The van der Waals surface area contributed by atoms with Crippen molar-refractivity contribution in [2.75, 3.05) is 7.11 Å². The third kappa shape index (κ3) is 2.17. The van der Waals surface area contributed by atoms with Crippen molar-refractivity contribution in [3.8, 4) is 5.75 Å². The van der Waals surface area contributed by atoms with Crippen molar-refractivity contribution < 1.29 is 13.2 Å². The molecule has 0 aliphatic carbocycles. The van der Waals surface area contributed by atoms with Crippen LogP contribution in [0.1, 0.15) is 5.69 Å². The van der Waals surface area contributed by atoms with Gasteiger partial charge < -0.3 is 4.74 Å². The summed E-state index contributed by atoms with van der Waals surface area (Å²) in [5.41, 5.74) is 0.649. The van der Waals surface area contributed by atoms with E-state index < -0.39 is 10.0 Å². The van der Waals surface area contributed by atoms with E-state index in [4.69, 9.17) is 4.74 Å². The number of nitrogens with zero attached hydrogens (tertiary/aromatic N) is 2. The fourth-order valence-corrected chi connectivity index (χ4v) is 3.63. The molecule has 0 amide bonds. The van der Waals surface area contributed by atoms with E-state index in [1.807, 2.05) is 12.1 Å². The van der Waals surface area contributed by atoms with Crippen LogP contribution in [0.5, 0.6) is 5.75 Å². The molecule has 0 fully saturated rings. The largest absolute Gasteiger partial charge is 0.496 e. The minimum atomic E-state index is -3.72. The van der Waals surface area contributed by atoms with E-state index in [0.29, 0.717) is 16.8 Å². The lowest BCUT2D eigenvalue weighted by Gasteiger charge is -2.11. The highest BCUT2D eigenvalue weighted by Crippen LogP contribution is 2.31. The van der Waals surface area contributed by atoms with Crippen molar-refractivity contribution in [1.82, 2.24) is 9.19 Å². The van der Waals surface area contributed by atoms with Crippen molar-refractivity contribution in [2.24, 2.45) is 0 Å². The van der Waals surface area contributed by atoms with Crippen LogP contribution in [0.2, 0.25) is 0 Å². The Kier molecular flexibility index (Phi) is 3.17. The average Bonchev–Trinajstić information content (AvgIpc) is 2.93. The number of fused-ring (bicyclic) bond motifs is 1. The zero-order chi connectivity index (χ0) is 15.0. The molecule has 6 heteroatoms. The van der Waals surface area contributed by atoms with Gasteiger partial charge in [-0.15, -0.1) is 0 Å². The van der Waals surface area contributed by atoms with Crippen molar-refractivity contribution >= 4 is 20.8 Å². The predicted molar refractivity (Wildman–Crippen MR) is 80.0 cm³/mol. The first-order valence-electron chi connectivity index (χ1n) is 6.37.